The lowest BCUT2D eigenvalue weighted by atomic mass is 9.99. The molecule has 0 saturated carbocycles. The van der Waals surface area contributed by atoms with E-state index in [9.17, 15) is 53.4 Å². The van der Waals surface area contributed by atoms with Crippen LogP contribution < -0.4 is 43.4 Å². The molecule has 1 aromatic rings. The Kier molecular flexibility index (Phi) is 23.3. The molecule has 358 valence electrons. The molecule has 1 aliphatic rings. The number of aliphatic hydroxyl groups excluding tert-OH is 1. The Hall–Kier alpha value is -5.28. The highest BCUT2D eigenvalue weighted by Gasteiger charge is 2.41. The number of thioether (sulfide) groups is 1. The van der Waals surface area contributed by atoms with Gasteiger partial charge in [0, 0.05) is 19.4 Å². The number of carboxylic acids is 1. The number of primary amides is 1. The fraction of sp³-hybridized carbons (Fsp3) is 0.651. The van der Waals surface area contributed by atoms with Crippen LogP contribution in [0.1, 0.15) is 85.6 Å². The van der Waals surface area contributed by atoms with Crippen molar-refractivity contribution in [1.82, 2.24) is 36.8 Å². The quantitative estimate of drug-likeness (QED) is 0.0503. The van der Waals surface area contributed by atoms with Gasteiger partial charge in [0.05, 0.1) is 12.6 Å². The van der Waals surface area contributed by atoms with Crippen LogP contribution in [0.25, 0.3) is 0 Å². The molecule has 64 heavy (non-hydrogen) atoms. The van der Waals surface area contributed by atoms with Crippen LogP contribution >= 0.6 is 11.8 Å². The van der Waals surface area contributed by atoms with E-state index in [1.807, 2.05) is 20.1 Å². The van der Waals surface area contributed by atoms with E-state index in [1.165, 1.54) is 16.7 Å². The van der Waals surface area contributed by atoms with E-state index in [0.29, 0.717) is 24.2 Å². The van der Waals surface area contributed by atoms with Gasteiger partial charge in [0.1, 0.15) is 42.3 Å². The molecule has 0 bridgehead atoms. The van der Waals surface area contributed by atoms with Gasteiger partial charge in [-0.05, 0) is 61.0 Å². The van der Waals surface area contributed by atoms with Gasteiger partial charge in [-0.3, -0.25) is 38.4 Å². The number of carboxylic acid groups (broad SMARTS) is 1. The van der Waals surface area contributed by atoms with Gasteiger partial charge in [0.15, 0.2) is 0 Å². The molecule has 0 radical (unpaired) electrons. The number of rotatable bonds is 27. The van der Waals surface area contributed by atoms with Crippen molar-refractivity contribution in [2.45, 2.75) is 135 Å². The summed E-state index contributed by atoms with van der Waals surface area (Å²) in [5, 5.41) is 35.0. The summed E-state index contributed by atoms with van der Waals surface area (Å²) in [5.74, 6) is -7.97. The molecule has 1 saturated heterocycles. The Morgan fingerprint density at radius 3 is 1.83 bits per heavy atom. The number of aliphatic carboxylic acids is 1. The highest BCUT2D eigenvalue weighted by molar-refractivity contribution is 7.98. The second kappa shape index (κ2) is 27.1. The van der Waals surface area contributed by atoms with Gasteiger partial charge in [0.25, 0.3) is 0 Å². The van der Waals surface area contributed by atoms with E-state index >= 15 is 0 Å². The lowest BCUT2D eigenvalue weighted by Gasteiger charge is -2.32. The molecule has 1 aromatic carbocycles. The van der Waals surface area contributed by atoms with Crippen molar-refractivity contribution < 1.29 is 53.4 Å². The van der Waals surface area contributed by atoms with Crippen molar-refractivity contribution in [3.05, 3.63) is 35.9 Å². The Morgan fingerprint density at radius 1 is 0.750 bits per heavy atom. The number of aliphatic hydroxyl groups is 1. The number of carbonyl (C=O) groups is 9. The number of hydrogen-bond acceptors (Lipinski definition) is 12. The molecule has 0 spiro atoms. The lowest BCUT2D eigenvalue weighted by Crippen LogP contribution is -2.61. The van der Waals surface area contributed by atoms with Gasteiger partial charge >= 0.3 is 5.97 Å². The summed E-state index contributed by atoms with van der Waals surface area (Å²) in [6, 6.07) is -1.17. The molecule has 1 heterocycles. The topological polar surface area (TPSA) is 322 Å². The first kappa shape index (κ1) is 54.9. The zero-order chi connectivity index (χ0) is 48.3. The standard InChI is InChI=1S/C43H69N9O11S/c1-8-25(6)33(45)41(60)47-28(18-20-64-7)36(55)46-27(16-17-32(44)54)37(56)50-34(23(2)3)42(61)52-19-12-15-31(52)40(59)48-29(21-26-13-10-9-11-14-26)38(57)49-30(22-53)39(58)51-35(24(4)5)43(62)63/h9-11,13-14,23-25,27-31,33-35,53H,8,12,15-22,45H2,1-7H3,(H2,44,54)(H,46,55)(H,47,60)(H,48,59)(H,49,57)(H,50,56)(H,51,58)(H,62,63)/t25-,27-,28-,29-,30-,31-,33-,34-,35-/m0/s1. The van der Waals surface area contributed by atoms with E-state index < -0.39 is 120 Å². The first-order valence-corrected chi connectivity index (χ1v) is 23.1. The molecule has 0 unspecified atom stereocenters. The number of carbonyl (C=O) groups excluding carboxylic acids is 8. The summed E-state index contributed by atoms with van der Waals surface area (Å²) in [6.45, 7) is 9.44. The van der Waals surface area contributed by atoms with Gasteiger partial charge in [0.2, 0.25) is 47.3 Å². The van der Waals surface area contributed by atoms with E-state index in [4.69, 9.17) is 11.5 Å². The highest BCUT2D eigenvalue weighted by Crippen LogP contribution is 2.21. The zero-order valence-corrected chi connectivity index (χ0v) is 38.7. The van der Waals surface area contributed by atoms with Gasteiger partial charge in [-0.25, -0.2) is 4.79 Å². The predicted molar refractivity (Wildman–Crippen MR) is 240 cm³/mol. The van der Waals surface area contributed by atoms with Crippen LogP contribution in [-0.2, 0) is 49.6 Å². The van der Waals surface area contributed by atoms with Crippen LogP contribution in [-0.4, -0.2) is 142 Å². The minimum Gasteiger partial charge on any atom is -0.480 e. The normalized spacial score (nSPS) is 17.4. The highest BCUT2D eigenvalue weighted by atomic mass is 32.2. The fourth-order valence-corrected chi connectivity index (χ4v) is 7.39. The first-order chi connectivity index (χ1) is 30.2. The molecule has 0 aromatic heterocycles. The van der Waals surface area contributed by atoms with E-state index in [2.05, 4.69) is 31.9 Å². The molecule has 21 heteroatoms. The molecule has 0 aliphatic carbocycles. The number of nitrogens with zero attached hydrogens (tertiary/aromatic N) is 1. The molecule has 9 atom stereocenters. The number of amides is 8. The van der Waals surface area contributed by atoms with Crippen molar-refractivity contribution in [3.63, 3.8) is 0 Å². The molecule has 12 N–H and O–H groups in total. The number of benzene rings is 1. The van der Waals surface area contributed by atoms with E-state index in [0.717, 1.165) is 0 Å². The minimum absolute atomic E-state index is 0.0574. The number of nitrogens with one attached hydrogen (secondary N) is 6. The Bertz CT molecular complexity index is 1770. The minimum atomic E-state index is -1.56. The number of likely N-dealkylation sites (tertiary alicyclic amines) is 1. The maximum atomic E-state index is 14.3. The van der Waals surface area contributed by atoms with Gasteiger partial charge in [-0.1, -0.05) is 78.3 Å². The summed E-state index contributed by atoms with van der Waals surface area (Å²) in [7, 11) is 0. The number of nitrogens with two attached hydrogens (primary N) is 2. The van der Waals surface area contributed by atoms with E-state index in [1.54, 1.807) is 58.0 Å². The Morgan fingerprint density at radius 2 is 1.28 bits per heavy atom. The average Bonchev–Trinajstić information content (AvgIpc) is 3.75. The SMILES string of the molecule is CC[C@H](C)[C@H](N)C(=O)N[C@@H](CCSC)C(=O)N[C@@H](CCC(N)=O)C(=O)N[C@H](C(=O)N1CCC[C@H]1C(=O)N[C@@H](Cc1ccccc1)C(=O)N[C@@H](CO)C(=O)N[C@H](C(=O)O)C(C)C)C(C)C. The first-order valence-electron chi connectivity index (χ1n) is 21.7. The molecular formula is C43H69N9O11S. The summed E-state index contributed by atoms with van der Waals surface area (Å²) in [4.78, 5) is 121. The lowest BCUT2D eigenvalue weighted by molar-refractivity contribution is -0.144. The second-order valence-corrected chi connectivity index (χ2v) is 17.8. The van der Waals surface area contributed by atoms with Crippen molar-refractivity contribution in [2.24, 2.45) is 29.2 Å². The van der Waals surface area contributed by atoms with Gasteiger partial charge in [-0.2, -0.15) is 11.8 Å². The van der Waals surface area contributed by atoms with Crippen LogP contribution in [0.15, 0.2) is 30.3 Å². The fourth-order valence-electron chi connectivity index (χ4n) is 6.92. The van der Waals surface area contributed by atoms with Crippen molar-refractivity contribution in [2.75, 3.05) is 25.2 Å². The molecule has 1 fully saturated rings. The average molecular weight is 920 g/mol. The summed E-state index contributed by atoms with van der Waals surface area (Å²) in [5.41, 5.74) is 12.2. The monoisotopic (exact) mass is 919 g/mol. The largest absolute Gasteiger partial charge is 0.480 e. The van der Waals surface area contributed by atoms with Crippen LogP contribution in [0, 0.1) is 17.8 Å². The van der Waals surface area contributed by atoms with Crippen molar-refractivity contribution >= 4 is 65.0 Å². The molecule has 20 nitrogen and oxygen atoms in total. The maximum Gasteiger partial charge on any atom is 0.326 e. The number of hydrogen-bond donors (Lipinski definition) is 10. The molecule has 1 aliphatic heterocycles. The maximum absolute atomic E-state index is 14.3. The third kappa shape index (κ3) is 17.0. The van der Waals surface area contributed by atoms with Crippen LogP contribution in [0.5, 0.6) is 0 Å². The van der Waals surface area contributed by atoms with Gasteiger partial charge < -0.3 is 58.5 Å². The summed E-state index contributed by atoms with van der Waals surface area (Å²) >= 11 is 1.44. The molecular weight excluding hydrogens is 851 g/mol. The molecule has 8 amide bonds. The second-order valence-electron chi connectivity index (χ2n) is 16.8. The Balaban J connectivity index is 2.34. The summed E-state index contributed by atoms with van der Waals surface area (Å²) < 4.78 is 0. The third-order valence-corrected chi connectivity index (χ3v) is 11.8. The summed E-state index contributed by atoms with van der Waals surface area (Å²) in [6.07, 6.45) is 2.68. The Labute approximate surface area is 379 Å². The third-order valence-electron chi connectivity index (χ3n) is 11.1. The van der Waals surface area contributed by atoms with Crippen LogP contribution in [0.4, 0.5) is 0 Å². The smallest absolute Gasteiger partial charge is 0.326 e. The van der Waals surface area contributed by atoms with Crippen LogP contribution in [0.2, 0.25) is 0 Å². The van der Waals surface area contributed by atoms with Gasteiger partial charge in [-0.15, -0.1) is 0 Å². The van der Waals surface area contributed by atoms with Crippen molar-refractivity contribution in [1.29, 1.82) is 0 Å². The zero-order valence-electron chi connectivity index (χ0n) is 37.9. The predicted octanol–water partition coefficient (Wildman–Crippen LogP) is -1.09. The van der Waals surface area contributed by atoms with Crippen LogP contribution in [0.3, 0.4) is 0 Å². The van der Waals surface area contributed by atoms with E-state index in [-0.39, 0.29) is 44.6 Å². The van der Waals surface area contributed by atoms with Crippen molar-refractivity contribution in [3.8, 4) is 0 Å². The molecule has 2 rings (SSSR count).